The number of rotatable bonds is 1. The number of hydrogen-bond acceptors (Lipinski definition) is 1. The number of halogens is 2. The first-order valence-corrected chi connectivity index (χ1v) is 7.60. The van der Waals surface area contributed by atoms with Crippen LogP contribution >= 0.6 is 23.2 Å². The maximum atomic E-state index is 12.7. The van der Waals surface area contributed by atoms with E-state index in [-0.39, 0.29) is 11.3 Å². The standard InChI is InChI=1S/C15H17Cl2NO/c1-9-2-5-13(14(17)6-9)15(19)18-11-3-4-12(18)8-10(16)7-11/h2,5-6,10-12H,3-4,7-8H2,1H3. The number of alkyl halides is 1. The molecule has 2 aliphatic heterocycles. The molecule has 2 unspecified atom stereocenters. The summed E-state index contributed by atoms with van der Waals surface area (Å²) in [6.07, 6.45) is 3.97. The van der Waals surface area contributed by atoms with Crippen LogP contribution in [-0.2, 0) is 0 Å². The molecule has 2 heterocycles. The topological polar surface area (TPSA) is 20.3 Å². The molecule has 0 aliphatic carbocycles. The van der Waals surface area contributed by atoms with Crippen molar-refractivity contribution < 1.29 is 4.79 Å². The fraction of sp³-hybridized carbons (Fsp3) is 0.533. The Labute approximate surface area is 123 Å². The van der Waals surface area contributed by atoms with Crippen LogP contribution in [0.4, 0.5) is 0 Å². The van der Waals surface area contributed by atoms with Crippen molar-refractivity contribution in [2.24, 2.45) is 0 Å². The summed E-state index contributed by atoms with van der Waals surface area (Å²) < 4.78 is 0. The predicted octanol–water partition coefficient (Wildman–Crippen LogP) is 4.02. The summed E-state index contributed by atoms with van der Waals surface area (Å²) in [5.41, 5.74) is 1.70. The van der Waals surface area contributed by atoms with Crippen LogP contribution in [0.3, 0.4) is 0 Å². The lowest BCUT2D eigenvalue weighted by Crippen LogP contribution is -2.47. The molecule has 1 aromatic carbocycles. The van der Waals surface area contributed by atoms with Gasteiger partial charge in [-0.2, -0.15) is 0 Å². The van der Waals surface area contributed by atoms with Crippen LogP contribution in [0.1, 0.15) is 41.6 Å². The van der Waals surface area contributed by atoms with E-state index in [1.165, 1.54) is 0 Å². The van der Waals surface area contributed by atoms with Gasteiger partial charge in [0.05, 0.1) is 10.6 Å². The van der Waals surface area contributed by atoms with Crippen LogP contribution in [0.5, 0.6) is 0 Å². The molecule has 2 fully saturated rings. The molecular formula is C15H17Cl2NO. The molecule has 19 heavy (non-hydrogen) atoms. The van der Waals surface area contributed by atoms with Gasteiger partial charge in [0.25, 0.3) is 5.91 Å². The average Bonchev–Trinajstić information content (AvgIpc) is 2.61. The van der Waals surface area contributed by atoms with Gasteiger partial charge in [0.2, 0.25) is 0 Å². The highest BCUT2D eigenvalue weighted by Crippen LogP contribution is 2.39. The third kappa shape index (κ3) is 2.36. The summed E-state index contributed by atoms with van der Waals surface area (Å²) in [6.45, 7) is 1.98. The van der Waals surface area contributed by atoms with Crippen molar-refractivity contribution in [1.29, 1.82) is 0 Å². The van der Waals surface area contributed by atoms with E-state index in [0.717, 1.165) is 31.2 Å². The van der Waals surface area contributed by atoms with E-state index in [9.17, 15) is 4.79 Å². The zero-order valence-corrected chi connectivity index (χ0v) is 12.4. The number of fused-ring (bicyclic) bond motifs is 2. The normalized spacial score (nSPS) is 29.6. The van der Waals surface area contributed by atoms with Gasteiger partial charge < -0.3 is 4.90 Å². The van der Waals surface area contributed by atoms with Gasteiger partial charge in [-0.25, -0.2) is 0 Å². The third-order valence-corrected chi connectivity index (χ3v) is 4.93. The molecule has 1 aromatic rings. The summed E-state index contributed by atoms with van der Waals surface area (Å²) in [4.78, 5) is 14.7. The van der Waals surface area contributed by atoms with Crippen molar-refractivity contribution in [2.45, 2.75) is 50.1 Å². The van der Waals surface area contributed by atoms with Crippen LogP contribution in [0.25, 0.3) is 0 Å². The van der Waals surface area contributed by atoms with Gasteiger partial charge >= 0.3 is 0 Å². The molecule has 4 heteroatoms. The lowest BCUT2D eigenvalue weighted by Gasteiger charge is -2.37. The van der Waals surface area contributed by atoms with E-state index in [0.29, 0.717) is 22.7 Å². The first-order valence-electron chi connectivity index (χ1n) is 6.79. The van der Waals surface area contributed by atoms with E-state index >= 15 is 0 Å². The van der Waals surface area contributed by atoms with Gasteiger partial charge in [0, 0.05) is 17.5 Å². The Morgan fingerprint density at radius 3 is 2.47 bits per heavy atom. The van der Waals surface area contributed by atoms with Gasteiger partial charge in [-0.15, -0.1) is 11.6 Å². The summed E-state index contributed by atoms with van der Waals surface area (Å²) >= 11 is 12.5. The Bertz CT molecular complexity index is 503. The average molecular weight is 298 g/mol. The van der Waals surface area contributed by atoms with Crippen molar-refractivity contribution >= 4 is 29.1 Å². The Hall–Kier alpha value is -0.730. The fourth-order valence-electron chi connectivity index (χ4n) is 3.37. The number of aryl methyl sites for hydroxylation is 1. The van der Waals surface area contributed by atoms with Crippen molar-refractivity contribution in [3.05, 3.63) is 34.3 Å². The zero-order chi connectivity index (χ0) is 13.6. The number of amides is 1. The van der Waals surface area contributed by atoms with Gasteiger partial charge in [0.15, 0.2) is 0 Å². The molecular weight excluding hydrogens is 281 g/mol. The first kappa shape index (κ1) is 13.3. The van der Waals surface area contributed by atoms with Crippen LogP contribution in [0.15, 0.2) is 18.2 Å². The van der Waals surface area contributed by atoms with E-state index in [4.69, 9.17) is 23.2 Å². The molecule has 0 aromatic heterocycles. The molecule has 3 rings (SSSR count). The molecule has 0 N–H and O–H groups in total. The smallest absolute Gasteiger partial charge is 0.255 e. The number of carbonyl (C=O) groups excluding carboxylic acids is 1. The lowest BCUT2D eigenvalue weighted by atomic mass is 10.0. The summed E-state index contributed by atoms with van der Waals surface area (Å²) in [5, 5.41) is 0.771. The van der Waals surface area contributed by atoms with Crippen LogP contribution in [0.2, 0.25) is 5.02 Å². The summed E-state index contributed by atoms with van der Waals surface area (Å²) in [5.74, 6) is 0.0704. The molecule has 2 nitrogen and oxygen atoms in total. The highest BCUT2D eigenvalue weighted by molar-refractivity contribution is 6.34. The third-order valence-electron chi connectivity index (χ3n) is 4.27. The van der Waals surface area contributed by atoms with Crippen molar-refractivity contribution in [3.8, 4) is 0 Å². The van der Waals surface area contributed by atoms with E-state index in [1.54, 1.807) is 0 Å². The SMILES string of the molecule is Cc1ccc(C(=O)N2C3CCC2CC(Cl)C3)c(Cl)c1. The second kappa shape index (κ2) is 4.99. The minimum atomic E-state index is 0.0704. The van der Waals surface area contributed by atoms with Gasteiger partial charge in [-0.05, 0) is 50.3 Å². The minimum absolute atomic E-state index is 0.0704. The van der Waals surface area contributed by atoms with Gasteiger partial charge in [0.1, 0.15) is 0 Å². The summed E-state index contributed by atoms with van der Waals surface area (Å²) in [7, 11) is 0. The molecule has 0 radical (unpaired) electrons. The quantitative estimate of drug-likeness (QED) is 0.717. The predicted molar refractivity (Wildman–Crippen MR) is 78.0 cm³/mol. The lowest BCUT2D eigenvalue weighted by molar-refractivity contribution is 0.0600. The Kier molecular flexibility index (Phi) is 3.48. The number of nitrogens with zero attached hydrogens (tertiary/aromatic N) is 1. The second-order valence-corrected chi connectivity index (χ2v) is 6.67. The van der Waals surface area contributed by atoms with Crippen molar-refractivity contribution in [2.75, 3.05) is 0 Å². The van der Waals surface area contributed by atoms with E-state index in [1.807, 2.05) is 30.0 Å². The molecule has 2 saturated heterocycles. The van der Waals surface area contributed by atoms with Crippen molar-refractivity contribution in [3.63, 3.8) is 0 Å². The highest BCUT2D eigenvalue weighted by Gasteiger charge is 2.43. The number of piperidine rings is 1. The number of carbonyl (C=O) groups is 1. The molecule has 1 amide bonds. The monoisotopic (exact) mass is 297 g/mol. The van der Waals surface area contributed by atoms with Gasteiger partial charge in [-0.3, -0.25) is 4.79 Å². The number of benzene rings is 1. The molecule has 102 valence electrons. The first-order chi connectivity index (χ1) is 9.06. The molecule has 2 aliphatic rings. The van der Waals surface area contributed by atoms with Crippen molar-refractivity contribution in [1.82, 2.24) is 4.90 Å². The minimum Gasteiger partial charge on any atom is -0.333 e. The van der Waals surface area contributed by atoms with Crippen LogP contribution in [-0.4, -0.2) is 28.3 Å². The maximum absolute atomic E-state index is 12.7. The summed E-state index contributed by atoms with van der Waals surface area (Å²) in [6, 6.07) is 6.23. The van der Waals surface area contributed by atoms with Gasteiger partial charge in [-0.1, -0.05) is 17.7 Å². The Morgan fingerprint density at radius 1 is 1.26 bits per heavy atom. The van der Waals surface area contributed by atoms with E-state index < -0.39 is 0 Å². The Balaban J connectivity index is 1.88. The van der Waals surface area contributed by atoms with Crippen LogP contribution in [0, 0.1) is 6.92 Å². The maximum Gasteiger partial charge on any atom is 0.255 e. The zero-order valence-electron chi connectivity index (χ0n) is 10.9. The Morgan fingerprint density at radius 2 is 1.89 bits per heavy atom. The molecule has 2 atom stereocenters. The fourth-order valence-corrected chi connectivity index (χ4v) is 4.10. The second-order valence-electron chi connectivity index (χ2n) is 5.65. The molecule has 0 spiro atoms. The molecule has 0 saturated carbocycles. The van der Waals surface area contributed by atoms with Crippen LogP contribution < -0.4 is 0 Å². The highest BCUT2D eigenvalue weighted by atomic mass is 35.5. The number of hydrogen-bond donors (Lipinski definition) is 0. The van der Waals surface area contributed by atoms with E-state index in [2.05, 4.69) is 0 Å². The molecule has 2 bridgehead atoms. The largest absolute Gasteiger partial charge is 0.333 e.